The van der Waals surface area contributed by atoms with Gasteiger partial charge in [0.25, 0.3) is 5.91 Å². The van der Waals surface area contributed by atoms with Crippen LogP contribution in [-0.4, -0.2) is 50.1 Å². The number of ether oxygens (including phenoxy) is 2. The topological polar surface area (TPSA) is 95.3 Å². The van der Waals surface area contributed by atoms with E-state index in [1.54, 1.807) is 63.3 Å². The first-order valence-corrected chi connectivity index (χ1v) is 16.2. The molecule has 2 aromatic heterocycles. The van der Waals surface area contributed by atoms with Crippen molar-refractivity contribution in [2.75, 3.05) is 12.0 Å². The first-order valence-electron chi connectivity index (χ1n) is 13.9. The number of rotatable bonds is 13. The van der Waals surface area contributed by atoms with E-state index in [1.807, 2.05) is 41.6 Å². The van der Waals surface area contributed by atoms with Crippen LogP contribution < -0.4 is 5.32 Å². The fourth-order valence-electron chi connectivity index (χ4n) is 4.42. The molecule has 0 aliphatic carbocycles. The van der Waals surface area contributed by atoms with Crippen LogP contribution in [-0.2, 0) is 34.3 Å². The summed E-state index contributed by atoms with van der Waals surface area (Å²) in [7, 11) is 1.94. The molecule has 4 aromatic rings. The van der Waals surface area contributed by atoms with Crippen LogP contribution in [0.25, 0.3) is 11.1 Å². The Morgan fingerprint density at radius 2 is 1.93 bits per heavy atom. The van der Waals surface area contributed by atoms with Crippen molar-refractivity contribution in [1.82, 2.24) is 19.9 Å². The molecule has 228 valence electrons. The van der Waals surface area contributed by atoms with E-state index < -0.39 is 23.5 Å². The molecule has 0 saturated carbocycles. The number of hydrogen-bond acceptors (Lipinski definition) is 8. The molecular formula is C32H37FN4O4S2. The van der Waals surface area contributed by atoms with Crippen molar-refractivity contribution in [2.45, 2.75) is 58.0 Å². The van der Waals surface area contributed by atoms with Crippen LogP contribution in [0.4, 0.5) is 4.39 Å². The van der Waals surface area contributed by atoms with Crippen molar-refractivity contribution >= 4 is 35.0 Å². The number of amides is 1. The van der Waals surface area contributed by atoms with E-state index in [4.69, 9.17) is 9.47 Å². The molecule has 0 radical (unpaired) electrons. The average molecular weight is 625 g/mol. The van der Waals surface area contributed by atoms with Gasteiger partial charge in [0.2, 0.25) is 0 Å². The monoisotopic (exact) mass is 624 g/mol. The Kier molecular flexibility index (Phi) is 11.1. The summed E-state index contributed by atoms with van der Waals surface area (Å²) < 4.78 is 27.7. The van der Waals surface area contributed by atoms with E-state index in [0.29, 0.717) is 35.3 Å². The SMILES string of the molecule is CSCC[C@H](NC(=O)c1ccc(COC(Cc2cncn2C)c2nccs2)cc1-c1ccc(F)cc1)C(=O)OC(C)(C)C. The van der Waals surface area contributed by atoms with Crippen LogP contribution >= 0.6 is 23.1 Å². The summed E-state index contributed by atoms with van der Waals surface area (Å²) in [5.41, 5.74) is 2.78. The van der Waals surface area contributed by atoms with Gasteiger partial charge in [0.15, 0.2) is 0 Å². The van der Waals surface area contributed by atoms with Gasteiger partial charge in [0.1, 0.15) is 28.6 Å². The highest BCUT2D eigenvalue weighted by molar-refractivity contribution is 7.98. The van der Waals surface area contributed by atoms with Gasteiger partial charge in [0.05, 0.1) is 12.9 Å². The molecule has 8 nitrogen and oxygen atoms in total. The molecule has 1 amide bonds. The highest BCUT2D eigenvalue weighted by atomic mass is 32.2. The summed E-state index contributed by atoms with van der Waals surface area (Å²) >= 11 is 3.11. The molecule has 0 spiro atoms. The third-order valence-electron chi connectivity index (χ3n) is 6.58. The molecule has 4 rings (SSSR count). The van der Waals surface area contributed by atoms with Crippen LogP contribution in [0.3, 0.4) is 0 Å². The van der Waals surface area contributed by atoms with Gasteiger partial charge >= 0.3 is 5.97 Å². The Labute approximate surface area is 260 Å². The predicted octanol–water partition coefficient (Wildman–Crippen LogP) is 6.38. The maximum absolute atomic E-state index is 13.8. The van der Waals surface area contributed by atoms with Crippen molar-refractivity contribution in [1.29, 1.82) is 0 Å². The summed E-state index contributed by atoms with van der Waals surface area (Å²) in [6.45, 7) is 5.64. The molecule has 1 unspecified atom stereocenters. The fourth-order valence-corrected chi connectivity index (χ4v) is 5.58. The van der Waals surface area contributed by atoms with E-state index in [-0.39, 0.29) is 18.5 Å². The van der Waals surface area contributed by atoms with Gasteiger partial charge in [-0.3, -0.25) is 4.79 Å². The Morgan fingerprint density at radius 1 is 1.16 bits per heavy atom. The number of aromatic nitrogens is 3. The zero-order valence-corrected chi connectivity index (χ0v) is 26.6. The van der Waals surface area contributed by atoms with Gasteiger partial charge in [0, 0.05) is 42.5 Å². The quantitative estimate of drug-likeness (QED) is 0.173. The number of nitrogens with one attached hydrogen (secondary N) is 1. The van der Waals surface area contributed by atoms with Crippen LogP contribution in [0.5, 0.6) is 0 Å². The number of carbonyl (C=O) groups excluding carboxylic acids is 2. The number of aryl methyl sites for hydroxylation is 1. The van der Waals surface area contributed by atoms with E-state index in [1.165, 1.54) is 23.5 Å². The Balaban J connectivity index is 1.60. The van der Waals surface area contributed by atoms with E-state index in [9.17, 15) is 14.0 Å². The van der Waals surface area contributed by atoms with Crippen molar-refractivity contribution in [3.63, 3.8) is 0 Å². The third kappa shape index (κ3) is 9.22. The van der Waals surface area contributed by atoms with Crippen molar-refractivity contribution < 1.29 is 23.5 Å². The molecule has 43 heavy (non-hydrogen) atoms. The average Bonchev–Trinajstić information content (AvgIpc) is 3.64. The van der Waals surface area contributed by atoms with Crippen molar-refractivity contribution in [3.05, 3.63) is 94.2 Å². The number of esters is 1. The fraction of sp³-hybridized carbons (Fsp3) is 0.375. The second kappa shape index (κ2) is 14.8. The molecule has 1 N–H and O–H groups in total. The second-order valence-corrected chi connectivity index (χ2v) is 13.0. The summed E-state index contributed by atoms with van der Waals surface area (Å²) in [5.74, 6) is -0.604. The lowest BCUT2D eigenvalue weighted by atomic mass is 9.96. The summed E-state index contributed by atoms with van der Waals surface area (Å²) in [6, 6.07) is 10.6. The number of thiazole rings is 1. The first-order chi connectivity index (χ1) is 20.5. The van der Waals surface area contributed by atoms with Crippen molar-refractivity contribution in [2.24, 2.45) is 7.05 Å². The van der Waals surface area contributed by atoms with Crippen LogP contribution in [0.1, 0.15) is 59.9 Å². The van der Waals surface area contributed by atoms with Gasteiger partial charge < -0.3 is 19.4 Å². The zero-order valence-electron chi connectivity index (χ0n) is 25.0. The lowest BCUT2D eigenvalue weighted by Gasteiger charge is -2.25. The van der Waals surface area contributed by atoms with Gasteiger partial charge in [-0.15, -0.1) is 11.3 Å². The minimum atomic E-state index is -0.811. The van der Waals surface area contributed by atoms with Gasteiger partial charge in [-0.2, -0.15) is 11.8 Å². The predicted molar refractivity (Wildman–Crippen MR) is 168 cm³/mol. The largest absolute Gasteiger partial charge is 0.458 e. The second-order valence-electron chi connectivity index (χ2n) is 11.1. The Morgan fingerprint density at radius 3 is 2.56 bits per heavy atom. The van der Waals surface area contributed by atoms with E-state index in [2.05, 4.69) is 15.3 Å². The maximum Gasteiger partial charge on any atom is 0.329 e. The van der Waals surface area contributed by atoms with Gasteiger partial charge in [-0.25, -0.2) is 19.2 Å². The smallest absolute Gasteiger partial charge is 0.329 e. The number of halogens is 1. The normalized spacial score (nSPS) is 13.0. The molecule has 2 aromatic carbocycles. The van der Waals surface area contributed by atoms with E-state index in [0.717, 1.165) is 16.3 Å². The summed E-state index contributed by atoms with van der Waals surface area (Å²) in [4.78, 5) is 35.3. The molecule has 0 bridgehead atoms. The highest BCUT2D eigenvalue weighted by Gasteiger charge is 2.28. The van der Waals surface area contributed by atoms with Crippen LogP contribution in [0.15, 0.2) is 66.6 Å². The molecule has 2 heterocycles. The molecule has 0 fully saturated rings. The molecule has 2 atom stereocenters. The lowest BCUT2D eigenvalue weighted by Crippen LogP contribution is -2.44. The molecule has 0 saturated heterocycles. The Hall–Kier alpha value is -3.54. The van der Waals surface area contributed by atoms with Gasteiger partial charge in [-0.1, -0.05) is 18.2 Å². The molecule has 0 aliphatic rings. The van der Waals surface area contributed by atoms with Crippen LogP contribution in [0.2, 0.25) is 0 Å². The Bertz CT molecular complexity index is 1500. The standard InChI is InChI=1S/C32H37FN4O4S2/c1-32(2,3)41-31(39)27(12-14-42-5)36-29(38)25-11-6-21(16-26(25)22-7-9-23(33)10-8-22)19-40-28(30-35-13-15-43-30)17-24-18-34-20-37(24)4/h6-11,13,15-16,18,20,27-28H,12,14,17,19H2,1-5H3,(H,36,38)/t27-,28?/m0/s1. The molecular weight excluding hydrogens is 588 g/mol. The number of nitrogens with zero attached hydrogens (tertiary/aromatic N) is 3. The zero-order chi connectivity index (χ0) is 31.0. The number of benzene rings is 2. The van der Waals surface area contributed by atoms with Crippen molar-refractivity contribution in [3.8, 4) is 11.1 Å². The lowest BCUT2D eigenvalue weighted by molar-refractivity contribution is -0.157. The maximum atomic E-state index is 13.8. The summed E-state index contributed by atoms with van der Waals surface area (Å²) in [5, 5.41) is 5.65. The molecule has 0 aliphatic heterocycles. The van der Waals surface area contributed by atoms with Crippen LogP contribution in [0, 0.1) is 5.82 Å². The number of carbonyl (C=O) groups is 2. The number of imidazole rings is 1. The van der Waals surface area contributed by atoms with E-state index >= 15 is 0 Å². The minimum absolute atomic E-state index is 0.256. The number of thioether (sulfide) groups is 1. The summed E-state index contributed by atoms with van der Waals surface area (Å²) in [6.07, 6.45) is 7.99. The first kappa shape index (κ1) is 32.4. The number of hydrogen-bond donors (Lipinski definition) is 1. The van der Waals surface area contributed by atoms with Gasteiger partial charge in [-0.05, 0) is 80.2 Å². The highest BCUT2D eigenvalue weighted by Crippen LogP contribution is 2.29. The minimum Gasteiger partial charge on any atom is -0.458 e. The third-order valence-corrected chi connectivity index (χ3v) is 8.09. The molecule has 11 heteroatoms.